The van der Waals surface area contributed by atoms with E-state index in [1.165, 1.54) is 32.1 Å². The van der Waals surface area contributed by atoms with Crippen LogP contribution in [0, 0.1) is 5.92 Å². The Kier molecular flexibility index (Phi) is 5.80. The van der Waals surface area contributed by atoms with E-state index in [1.54, 1.807) is 12.4 Å². The summed E-state index contributed by atoms with van der Waals surface area (Å²) in [6, 6.07) is 0. The van der Waals surface area contributed by atoms with Gasteiger partial charge in [-0.1, -0.05) is 19.3 Å². The average Bonchev–Trinajstić information content (AvgIpc) is 2.63. The number of nitrogens with zero attached hydrogens (tertiary/aromatic N) is 3. The summed E-state index contributed by atoms with van der Waals surface area (Å²) in [5, 5.41) is 6.59. The van der Waals surface area contributed by atoms with Crippen LogP contribution >= 0.6 is 0 Å². The van der Waals surface area contributed by atoms with E-state index < -0.39 is 0 Å². The van der Waals surface area contributed by atoms with Gasteiger partial charge in [0.05, 0.1) is 6.42 Å². The number of nitrogens with one attached hydrogen (secondary N) is 2. The lowest BCUT2D eigenvalue weighted by Crippen LogP contribution is -2.46. The number of carbonyl (C=O) groups is 1. The van der Waals surface area contributed by atoms with Crippen LogP contribution < -0.4 is 10.6 Å². The fourth-order valence-corrected chi connectivity index (χ4v) is 3.36. The molecule has 1 aromatic rings. The van der Waals surface area contributed by atoms with E-state index in [4.69, 9.17) is 0 Å². The quantitative estimate of drug-likeness (QED) is 0.860. The minimum Gasteiger partial charge on any atom is -0.354 e. The van der Waals surface area contributed by atoms with Crippen molar-refractivity contribution in [3.8, 4) is 0 Å². The third-order valence-electron chi connectivity index (χ3n) is 4.80. The summed E-state index contributed by atoms with van der Waals surface area (Å²) in [5.41, 5.74) is 0.886. The summed E-state index contributed by atoms with van der Waals surface area (Å²) in [7, 11) is 0. The van der Waals surface area contributed by atoms with Gasteiger partial charge in [0.2, 0.25) is 11.9 Å². The summed E-state index contributed by atoms with van der Waals surface area (Å²) < 4.78 is 0. The van der Waals surface area contributed by atoms with E-state index in [-0.39, 0.29) is 5.91 Å². The summed E-state index contributed by atoms with van der Waals surface area (Å²) in [5.74, 6) is 1.59. The Morgan fingerprint density at radius 1 is 1.17 bits per heavy atom. The third kappa shape index (κ3) is 4.89. The molecule has 2 fully saturated rings. The second-order valence-corrected chi connectivity index (χ2v) is 6.61. The van der Waals surface area contributed by atoms with Crippen LogP contribution in [-0.2, 0) is 11.2 Å². The fraction of sp³-hybridized carbons (Fsp3) is 0.706. The highest BCUT2D eigenvalue weighted by atomic mass is 16.2. The van der Waals surface area contributed by atoms with Crippen molar-refractivity contribution in [3.63, 3.8) is 0 Å². The van der Waals surface area contributed by atoms with Gasteiger partial charge in [-0.05, 0) is 24.3 Å². The molecule has 1 aliphatic heterocycles. The zero-order valence-corrected chi connectivity index (χ0v) is 13.8. The Balaban J connectivity index is 1.45. The Morgan fingerprint density at radius 3 is 2.57 bits per heavy atom. The molecule has 6 nitrogen and oxygen atoms in total. The van der Waals surface area contributed by atoms with Gasteiger partial charge in [-0.2, -0.15) is 0 Å². The van der Waals surface area contributed by atoms with Gasteiger partial charge in [-0.3, -0.25) is 4.79 Å². The maximum absolute atomic E-state index is 12.2. The Morgan fingerprint density at radius 2 is 1.87 bits per heavy atom. The lowest BCUT2D eigenvalue weighted by atomic mass is 9.89. The van der Waals surface area contributed by atoms with E-state index in [2.05, 4.69) is 20.6 Å². The van der Waals surface area contributed by atoms with E-state index >= 15 is 0 Å². The topological polar surface area (TPSA) is 70.2 Å². The minimum absolute atomic E-state index is 0.165. The molecule has 0 spiro atoms. The smallest absolute Gasteiger partial charge is 0.227 e. The molecule has 0 bridgehead atoms. The van der Waals surface area contributed by atoms with Gasteiger partial charge in [0.1, 0.15) is 0 Å². The minimum atomic E-state index is 0.165. The zero-order chi connectivity index (χ0) is 15.9. The van der Waals surface area contributed by atoms with Crippen molar-refractivity contribution in [2.75, 3.05) is 38.0 Å². The first-order valence-electron chi connectivity index (χ1n) is 8.84. The molecule has 1 saturated heterocycles. The summed E-state index contributed by atoms with van der Waals surface area (Å²) in [6.45, 7) is 4.30. The van der Waals surface area contributed by atoms with Gasteiger partial charge in [0, 0.05) is 45.1 Å². The second-order valence-electron chi connectivity index (χ2n) is 6.61. The summed E-state index contributed by atoms with van der Waals surface area (Å²) >= 11 is 0. The highest BCUT2D eigenvalue weighted by Gasteiger charge is 2.17. The summed E-state index contributed by atoms with van der Waals surface area (Å²) in [6.07, 6.45) is 10.6. The normalized spacial score (nSPS) is 19.6. The van der Waals surface area contributed by atoms with Crippen LogP contribution in [-0.4, -0.2) is 53.5 Å². The van der Waals surface area contributed by atoms with Crippen molar-refractivity contribution in [1.29, 1.82) is 0 Å². The second kappa shape index (κ2) is 8.24. The van der Waals surface area contributed by atoms with Gasteiger partial charge in [-0.25, -0.2) is 9.97 Å². The number of anilines is 1. The highest BCUT2D eigenvalue weighted by molar-refractivity contribution is 5.78. The molecule has 0 unspecified atom stereocenters. The number of rotatable bonds is 5. The van der Waals surface area contributed by atoms with E-state index in [0.717, 1.165) is 44.2 Å². The van der Waals surface area contributed by atoms with Gasteiger partial charge in [-0.15, -0.1) is 0 Å². The van der Waals surface area contributed by atoms with Crippen LogP contribution in [0.15, 0.2) is 12.4 Å². The number of hydrogen-bond donors (Lipinski definition) is 2. The maximum atomic E-state index is 12.2. The molecular formula is C17H27N5O. The molecule has 1 aliphatic carbocycles. The Hall–Kier alpha value is -1.69. The fourth-order valence-electron chi connectivity index (χ4n) is 3.36. The number of carbonyl (C=O) groups excluding carboxylic acids is 1. The van der Waals surface area contributed by atoms with Crippen molar-refractivity contribution >= 4 is 11.9 Å². The predicted molar refractivity (Wildman–Crippen MR) is 90.3 cm³/mol. The van der Waals surface area contributed by atoms with Crippen LogP contribution in [0.4, 0.5) is 5.95 Å². The molecule has 1 aromatic heterocycles. The zero-order valence-electron chi connectivity index (χ0n) is 13.8. The van der Waals surface area contributed by atoms with Crippen LogP contribution in [0.5, 0.6) is 0 Å². The van der Waals surface area contributed by atoms with Crippen LogP contribution in [0.25, 0.3) is 0 Å². The molecule has 6 heteroatoms. The number of piperazine rings is 1. The molecule has 2 aliphatic rings. The van der Waals surface area contributed by atoms with Crippen LogP contribution in [0.3, 0.4) is 0 Å². The average molecular weight is 317 g/mol. The molecule has 0 atom stereocenters. The van der Waals surface area contributed by atoms with Gasteiger partial charge in [0.15, 0.2) is 0 Å². The molecule has 0 aromatic carbocycles. The first-order valence-corrected chi connectivity index (χ1v) is 8.84. The molecule has 1 amide bonds. The van der Waals surface area contributed by atoms with Crippen molar-refractivity contribution in [2.45, 2.75) is 38.5 Å². The predicted octanol–water partition coefficient (Wildman–Crippen LogP) is 1.44. The first-order chi connectivity index (χ1) is 11.3. The molecule has 2 N–H and O–H groups in total. The van der Waals surface area contributed by atoms with Gasteiger partial charge in [0.25, 0.3) is 0 Å². The summed E-state index contributed by atoms with van der Waals surface area (Å²) in [4.78, 5) is 22.8. The third-order valence-corrected chi connectivity index (χ3v) is 4.80. The molecular weight excluding hydrogens is 290 g/mol. The van der Waals surface area contributed by atoms with Gasteiger partial charge < -0.3 is 15.5 Å². The van der Waals surface area contributed by atoms with Crippen LogP contribution in [0.1, 0.15) is 37.7 Å². The van der Waals surface area contributed by atoms with E-state index in [0.29, 0.717) is 12.4 Å². The maximum Gasteiger partial charge on any atom is 0.227 e. The molecule has 0 radical (unpaired) electrons. The molecule has 1 saturated carbocycles. The lowest BCUT2D eigenvalue weighted by Gasteiger charge is -2.27. The van der Waals surface area contributed by atoms with Crippen molar-refractivity contribution in [1.82, 2.24) is 20.2 Å². The van der Waals surface area contributed by atoms with Crippen molar-refractivity contribution in [2.24, 2.45) is 5.92 Å². The Labute approximate surface area is 138 Å². The van der Waals surface area contributed by atoms with E-state index in [9.17, 15) is 4.79 Å². The molecule has 23 heavy (non-hydrogen) atoms. The lowest BCUT2D eigenvalue weighted by molar-refractivity contribution is -0.131. The van der Waals surface area contributed by atoms with Crippen molar-refractivity contribution < 1.29 is 4.79 Å². The Bertz CT molecular complexity index is 492. The standard InChI is InChI=1S/C17H27N5O/c23-16(22-8-6-18-7-9-22)10-15-12-20-17(21-13-15)19-11-14-4-2-1-3-5-14/h12-14,18H,1-11H2,(H,19,20,21). The first kappa shape index (κ1) is 16.2. The van der Waals surface area contributed by atoms with E-state index in [1.807, 2.05) is 4.90 Å². The van der Waals surface area contributed by atoms with Crippen molar-refractivity contribution in [3.05, 3.63) is 18.0 Å². The van der Waals surface area contributed by atoms with Crippen LogP contribution in [0.2, 0.25) is 0 Å². The number of aromatic nitrogens is 2. The van der Waals surface area contributed by atoms with Gasteiger partial charge >= 0.3 is 0 Å². The molecule has 3 rings (SSSR count). The molecule has 126 valence electrons. The SMILES string of the molecule is O=C(Cc1cnc(NCC2CCCCC2)nc1)N1CCNCC1. The largest absolute Gasteiger partial charge is 0.354 e. The number of amides is 1. The monoisotopic (exact) mass is 317 g/mol. The number of hydrogen-bond acceptors (Lipinski definition) is 5. The molecule has 2 heterocycles. The highest BCUT2D eigenvalue weighted by Crippen LogP contribution is 2.23.